The summed E-state index contributed by atoms with van der Waals surface area (Å²) in [4.78, 5) is 82.6. The molecule has 83 heavy (non-hydrogen) atoms. The van der Waals surface area contributed by atoms with E-state index in [1.54, 1.807) is 22.3 Å². The van der Waals surface area contributed by atoms with Crippen molar-refractivity contribution in [1.29, 1.82) is 0 Å². The minimum atomic E-state index is -0.910. The lowest BCUT2D eigenvalue weighted by Crippen LogP contribution is -2.55. The number of aryl methyl sites for hydroxylation is 3. The SMILES string of the molecule is CCN(c1cc(-c2ccc(OCCCCOCCCOc3cc(-c4scnc4C)ccc3CNC(=O)C3C[C@@H](O)CN3C(=O)C(C(C)C)N3Cc4ccccc4C3=O)cc2)cc(C(=O)CCc2c(C)cc(C)[nH]c2=O)c1C)C1CCOCC1. The van der Waals surface area contributed by atoms with Gasteiger partial charge in [-0.2, -0.15) is 0 Å². The van der Waals surface area contributed by atoms with Crippen LogP contribution in [0.4, 0.5) is 5.69 Å². The summed E-state index contributed by atoms with van der Waals surface area (Å²) in [6.07, 6.45) is 3.89. The Morgan fingerprint density at radius 1 is 0.880 bits per heavy atom. The summed E-state index contributed by atoms with van der Waals surface area (Å²) in [6.45, 7) is 18.4. The second-order valence-corrected chi connectivity index (χ2v) is 23.4. The van der Waals surface area contributed by atoms with Crippen molar-refractivity contribution in [3.63, 3.8) is 0 Å². The van der Waals surface area contributed by atoms with Crippen LogP contribution >= 0.6 is 11.3 Å². The van der Waals surface area contributed by atoms with E-state index in [1.807, 2.05) is 120 Å². The smallest absolute Gasteiger partial charge is 0.255 e. The van der Waals surface area contributed by atoms with Crippen molar-refractivity contribution < 1.29 is 43.2 Å². The minimum absolute atomic E-state index is 0.000739. The van der Waals surface area contributed by atoms with E-state index < -0.39 is 18.2 Å². The number of nitrogens with zero attached hydrogens (tertiary/aromatic N) is 4. The highest BCUT2D eigenvalue weighted by Crippen LogP contribution is 2.37. The molecule has 9 rings (SSSR count). The van der Waals surface area contributed by atoms with Crippen LogP contribution in [0.25, 0.3) is 21.6 Å². The van der Waals surface area contributed by atoms with E-state index in [2.05, 4.69) is 33.2 Å². The van der Waals surface area contributed by atoms with E-state index in [0.29, 0.717) is 87.5 Å². The summed E-state index contributed by atoms with van der Waals surface area (Å²) in [5, 5.41) is 13.8. The van der Waals surface area contributed by atoms with E-state index in [-0.39, 0.29) is 60.9 Å². The number of ketones is 1. The summed E-state index contributed by atoms with van der Waals surface area (Å²) in [5.74, 6) is 0.205. The number of ether oxygens (including phenoxy) is 4. The third-order valence-corrected chi connectivity index (χ3v) is 17.3. The summed E-state index contributed by atoms with van der Waals surface area (Å²) in [5.41, 5.74) is 12.7. The van der Waals surface area contributed by atoms with E-state index in [1.165, 1.54) is 4.90 Å². The number of hydrogen-bond donors (Lipinski definition) is 3. The number of thiazole rings is 1. The van der Waals surface area contributed by atoms with Crippen LogP contribution in [-0.4, -0.2) is 125 Å². The fourth-order valence-corrected chi connectivity index (χ4v) is 12.7. The maximum atomic E-state index is 14.3. The van der Waals surface area contributed by atoms with Gasteiger partial charge < -0.3 is 49.1 Å². The number of benzene rings is 4. The molecule has 2 fully saturated rings. The molecule has 440 valence electrons. The van der Waals surface area contributed by atoms with Gasteiger partial charge in [0.2, 0.25) is 11.8 Å². The van der Waals surface area contributed by atoms with E-state index in [0.717, 1.165) is 98.9 Å². The molecule has 2 aromatic heterocycles. The summed E-state index contributed by atoms with van der Waals surface area (Å²) in [7, 11) is 0. The number of fused-ring (bicyclic) bond motifs is 1. The topological polar surface area (TPSA) is 193 Å². The van der Waals surface area contributed by atoms with Gasteiger partial charge in [0, 0.05) is 112 Å². The standard InChI is InChI=1S/C66H80N6O10S/c1-8-70(51-24-30-80-31-25-51)57-34-50(33-56(44(57)6)59(74)23-22-54-42(4)32-43(5)69-63(54)75)46-18-20-53(21-19-46)81-28-12-11-26-79-27-13-29-82-60-35-47(62-45(7)68-40-83-62)16-17-48(60)37-67-64(76)58-36-52(73)39-71(58)66(78)61(41(2)3)72-38-49-14-9-10-15-55(49)65(72)77/h9-10,14-21,32-35,40-41,51-52,58,61,73H,8,11-13,22-31,36-39H2,1-7H3,(H,67,76)(H,69,75)/t52-,58?,61?/m1/s1. The molecule has 6 aromatic rings. The van der Waals surface area contributed by atoms with Crippen molar-refractivity contribution >= 4 is 40.5 Å². The zero-order valence-corrected chi connectivity index (χ0v) is 49.9. The third kappa shape index (κ3) is 14.4. The van der Waals surface area contributed by atoms with Gasteiger partial charge in [-0.05, 0) is 148 Å². The number of pyridine rings is 1. The molecule has 0 saturated carbocycles. The minimum Gasteiger partial charge on any atom is -0.494 e. The second kappa shape index (κ2) is 27.9. The van der Waals surface area contributed by atoms with Crippen LogP contribution in [0.2, 0.25) is 0 Å². The molecule has 0 bridgehead atoms. The highest BCUT2D eigenvalue weighted by atomic mass is 32.1. The van der Waals surface area contributed by atoms with Gasteiger partial charge in [0.05, 0.1) is 35.4 Å². The Labute approximate surface area is 491 Å². The molecule has 0 aliphatic carbocycles. The fraction of sp³-hybridized carbons (Fsp3) is 0.455. The largest absolute Gasteiger partial charge is 0.494 e. The maximum absolute atomic E-state index is 14.3. The number of carbonyl (C=O) groups is 4. The number of likely N-dealkylation sites (tertiary alicyclic amines) is 1. The Kier molecular flexibility index (Phi) is 20.3. The molecule has 16 nitrogen and oxygen atoms in total. The normalized spacial score (nSPS) is 16.6. The number of amides is 3. The molecule has 3 atom stereocenters. The van der Waals surface area contributed by atoms with Gasteiger partial charge in [0.25, 0.3) is 11.5 Å². The lowest BCUT2D eigenvalue weighted by molar-refractivity contribution is -0.143. The average molecular weight is 1150 g/mol. The van der Waals surface area contributed by atoms with E-state index in [4.69, 9.17) is 18.9 Å². The zero-order valence-electron chi connectivity index (χ0n) is 49.1. The summed E-state index contributed by atoms with van der Waals surface area (Å²) < 4.78 is 24.3. The van der Waals surface area contributed by atoms with Crippen LogP contribution < -0.4 is 25.2 Å². The average Bonchev–Trinajstić information content (AvgIpc) is 3.33. The van der Waals surface area contributed by atoms with Crippen molar-refractivity contribution in [1.82, 2.24) is 25.1 Å². The van der Waals surface area contributed by atoms with Crippen LogP contribution in [0.15, 0.2) is 95.2 Å². The molecule has 3 aliphatic rings. The number of aromatic amines is 1. The molecule has 3 N–H and O–H groups in total. The molecule has 0 radical (unpaired) electrons. The molecular formula is C66H80N6O10S. The Morgan fingerprint density at radius 3 is 2.34 bits per heavy atom. The number of H-pyrrole nitrogens is 1. The first-order chi connectivity index (χ1) is 40.1. The van der Waals surface area contributed by atoms with Crippen molar-refractivity contribution in [3.05, 3.63) is 151 Å². The van der Waals surface area contributed by atoms with E-state index in [9.17, 15) is 29.1 Å². The number of hydrogen-bond acceptors (Lipinski definition) is 13. The quantitative estimate of drug-likeness (QED) is 0.0344. The zero-order chi connectivity index (χ0) is 58.7. The van der Waals surface area contributed by atoms with Gasteiger partial charge in [-0.3, -0.25) is 24.0 Å². The Balaban J connectivity index is 0.754. The first-order valence-corrected chi connectivity index (χ1v) is 30.3. The predicted molar refractivity (Wildman–Crippen MR) is 324 cm³/mol. The second-order valence-electron chi connectivity index (χ2n) is 22.5. The number of carbonyl (C=O) groups excluding carboxylic acids is 4. The molecule has 17 heteroatoms. The van der Waals surface area contributed by atoms with Crippen molar-refractivity contribution in [3.8, 4) is 33.1 Å². The van der Waals surface area contributed by atoms with Crippen molar-refractivity contribution in [2.45, 2.75) is 137 Å². The Hall–Kier alpha value is -7.18. The maximum Gasteiger partial charge on any atom is 0.255 e. The number of rotatable bonds is 26. The van der Waals surface area contributed by atoms with Crippen molar-refractivity contribution in [2.24, 2.45) is 5.92 Å². The first kappa shape index (κ1) is 60.4. The van der Waals surface area contributed by atoms with E-state index >= 15 is 0 Å². The van der Waals surface area contributed by atoms with Crippen LogP contribution in [-0.2, 0) is 38.6 Å². The number of Topliss-reactive ketones (excluding diaryl/α,β-unsaturated/α-hetero) is 1. The lowest BCUT2D eigenvalue weighted by Gasteiger charge is -2.37. The molecule has 5 heterocycles. The number of anilines is 1. The fourth-order valence-electron chi connectivity index (χ4n) is 11.9. The molecule has 4 aromatic carbocycles. The number of β-amino-alcohol motifs (C(OH)–C–C–N with tert-alkyl or cyclic N) is 1. The summed E-state index contributed by atoms with van der Waals surface area (Å²) in [6, 6.07) is 26.0. The van der Waals surface area contributed by atoms with Crippen molar-refractivity contribution in [2.75, 3.05) is 57.6 Å². The summed E-state index contributed by atoms with van der Waals surface area (Å²) >= 11 is 1.54. The van der Waals surface area contributed by atoms with Gasteiger partial charge in [-0.15, -0.1) is 11.3 Å². The molecule has 3 amide bonds. The molecular weight excluding hydrogens is 1070 g/mol. The molecule has 3 aliphatic heterocycles. The number of aliphatic hydroxyl groups is 1. The third-order valence-electron chi connectivity index (χ3n) is 16.4. The van der Waals surface area contributed by atoms with Crippen LogP contribution in [0.3, 0.4) is 0 Å². The number of aromatic nitrogens is 2. The van der Waals surface area contributed by atoms with Gasteiger partial charge in [-0.1, -0.05) is 56.3 Å². The highest BCUT2D eigenvalue weighted by molar-refractivity contribution is 7.13. The van der Waals surface area contributed by atoms with Gasteiger partial charge in [0.15, 0.2) is 5.78 Å². The van der Waals surface area contributed by atoms with Gasteiger partial charge in [0.1, 0.15) is 23.6 Å². The lowest BCUT2D eigenvalue weighted by atomic mass is 9.92. The van der Waals surface area contributed by atoms with Crippen LogP contribution in [0, 0.1) is 33.6 Å². The monoisotopic (exact) mass is 1150 g/mol. The molecule has 2 saturated heterocycles. The van der Waals surface area contributed by atoms with Crippen LogP contribution in [0.1, 0.15) is 126 Å². The van der Waals surface area contributed by atoms with Gasteiger partial charge >= 0.3 is 0 Å². The number of unbranched alkanes of at least 4 members (excludes halogenated alkanes) is 1. The molecule has 0 spiro atoms. The Morgan fingerprint density at radius 2 is 1.61 bits per heavy atom. The first-order valence-electron chi connectivity index (χ1n) is 29.4. The number of nitrogens with one attached hydrogen (secondary N) is 2. The Bertz CT molecular complexity index is 3310. The number of aliphatic hydroxyl groups excluding tert-OH is 1. The van der Waals surface area contributed by atoms with Crippen LogP contribution in [0.5, 0.6) is 11.5 Å². The molecule has 2 unspecified atom stereocenters. The predicted octanol–water partition coefficient (Wildman–Crippen LogP) is 10.1. The van der Waals surface area contributed by atoms with Gasteiger partial charge in [-0.25, -0.2) is 4.98 Å². The highest BCUT2D eigenvalue weighted by Gasteiger charge is 2.46.